The van der Waals surface area contributed by atoms with E-state index in [2.05, 4.69) is 15.0 Å². The topological polar surface area (TPSA) is 128 Å². The van der Waals surface area contributed by atoms with E-state index in [1.165, 1.54) is 12.3 Å². The van der Waals surface area contributed by atoms with Crippen LogP contribution in [0.5, 0.6) is 0 Å². The van der Waals surface area contributed by atoms with Gasteiger partial charge in [0.25, 0.3) is 5.91 Å². The summed E-state index contributed by atoms with van der Waals surface area (Å²) in [5.74, 6) is -3.40. The lowest BCUT2D eigenvalue weighted by molar-refractivity contribution is -0.117. The van der Waals surface area contributed by atoms with E-state index < -0.39 is 23.4 Å². The van der Waals surface area contributed by atoms with Crippen LogP contribution in [0.4, 0.5) is 10.1 Å². The molecule has 162 valence electrons. The number of ketones is 1. The van der Waals surface area contributed by atoms with Crippen LogP contribution in [0.25, 0.3) is 16.7 Å². The van der Waals surface area contributed by atoms with Crippen molar-refractivity contribution in [3.05, 3.63) is 82.5 Å². The van der Waals surface area contributed by atoms with Crippen molar-refractivity contribution in [1.29, 1.82) is 0 Å². The van der Waals surface area contributed by atoms with Crippen molar-refractivity contribution in [2.75, 3.05) is 5.73 Å². The van der Waals surface area contributed by atoms with E-state index in [1.54, 1.807) is 38.1 Å². The molecule has 0 radical (unpaired) electrons. The van der Waals surface area contributed by atoms with Gasteiger partial charge in [-0.3, -0.25) is 9.59 Å². The molecule has 1 aliphatic carbocycles. The SMILES string of the molecule is Cc1ccnc(C2=C(F)C(=O)C(c3c(C(N)=O)[nH]c(C)c3-c3ccc(N)cc3C)C=C2)n1. The Hall–Kier alpha value is -4.07. The summed E-state index contributed by atoms with van der Waals surface area (Å²) < 4.78 is 15.3. The van der Waals surface area contributed by atoms with Gasteiger partial charge in [-0.05, 0) is 50.1 Å². The number of anilines is 1. The number of benzene rings is 1. The summed E-state index contributed by atoms with van der Waals surface area (Å²) in [6, 6.07) is 7.02. The molecule has 0 aliphatic heterocycles. The largest absolute Gasteiger partial charge is 0.399 e. The van der Waals surface area contributed by atoms with Crippen molar-refractivity contribution < 1.29 is 14.0 Å². The molecule has 8 heteroatoms. The summed E-state index contributed by atoms with van der Waals surface area (Å²) >= 11 is 0. The van der Waals surface area contributed by atoms with Gasteiger partial charge in [0.1, 0.15) is 5.69 Å². The summed E-state index contributed by atoms with van der Waals surface area (Å²) in [6.07, 6.45) is 4.53. The number of aromatic amines is 1. The van der Waals surface area contributed by atoms with Gasteiger partial charge in [0.05, 0.1) is 11.5 Å². The van der Waals surface area contributed by atoms with E-state index in [9.17, 15) is 9.59 Å². The van der Waals surface area contributed by atoms with Crippen molar-refractivity contribution in [3.8, 4) is 11.1 Å². The van der Waals surface area contributed by atoms with Gasteiger partial charge in [0, 0.05) is 34.4 Å². The average Bonchev–Trinajstić information content (AvgIpc) is 3.07. The maximum Gasteiger partial charge on any atom is 0.265 e. The van der Waals surface area contributed by atoms with Crippen molar-refractivity contribution >= 4 is 23.0 Å². The summed E-state index contributed by atoms with van der Waals surface area (Å²) in [5, 5.41) is 0. The fourth-order valence-corrected chi connectivity index (χ4v) is 4.07. The van der Waals surface area contributed by atoms with Crippen molar-refractivity contribution in [2.24, 2.45) is 5.73 Å². The molecule has 3 aromatic rings. The van der Waals surface area contributed by atoms with Crippen LogP contribution in [0.1, 0.15) is 44.7 Å². The van der Waals surface area contributed by atoms with Gasteiger partial charge in [-0.2, -0.15) is 0 Å². The number of nitrogens with zero attached hydrogens (tertiary/aromatic N) is 2. The lowest BCUT2D eigenvalue weighted by atomic mass is 9.83. The summed E-state index contributed by atoms with van der Waals surface area (Å²) in [5.41, 5.74) is 16.0. The Bertz CT molecular complexity index is 1340. The molecule has 2 heterocycles. The number of Topliss-reactive ketones (excluding diaryl/α,β-unsaturated/α-hetero) is 1. The number of hydrogen-bond donors (Lipinski definition) is 3. The third-order valence-electron chi connectivity index (χ3n) is 5.53. The highest BCUT2D eigenvalue weighted by Gasteiger charge is 2.35. The number of H-pyrrole nitrogens is 1. The first kappa shape index (κ1) is 21.2. The average molecular weight is 431 g/mol. The van der Waals surface area contributed by atoms with Gasteiger partial charge in [0.2, 0.25) is 5.78 Å². The molecule has 0 saturated carbocycles. The quantitative estimate of drug-likeness (QED) is 0.543. The van der Waals surface area contributed by atoms with E-state index in [1.807, 2.05) is 13.0 Å². The van der Waals surface area contributed by atoms with Crippen LogP contribution in [0.3, 0.4) is 0 Å². The molecule has 2 aromatic heterocycles. The number of aryl methyl sites for hydroxylation is 3. The van der Waals surface area contributed by atoms with Crippen LogP contribution >= 0.6 is 0 Å². The predicted octanol–water partition coefficient (Wildman–Crippen LogP) is 3.68. The Morgan fingerprint density at radius 2 is 1.94 bits per heavy atom. The Kier molecular flexibility index (Phi) is 5.22. The lowest BCUT2D eigenvalue weighted by Crippen LogP contribution is -2.21. The number of nitrogens with two attached hydrogens (primary N) is 2. The number of carbonyl (C=O) groups excluding carboxylic acids is 2. The van der Waals surface area contributed by atoms with Gasteiger partial charge in [-0.25, -0.2) is 14.4 Å². The number of allylic oxidation sites excluding steroid dienone is 4. The summed E-state index contributed by atoms with van der Waals surface area (Å²) in [4.78, 5) is 36.7. The Balaban J connectivity index is 1.88. The second kappa shape index (κ2) is 7.88. The molecule has 5 N–H and O–H groups in total. The van der Waals surface area contributed by atoms with Crippen LogP contribution in [-0.4, -0.2) is 26.6 Å². The number of rotatable bonds is 4. The third-order valence-corrected chi connectivity index (χ3v) is 5.53. The number of hydrogen-bond acceptors (Lipinski definition) is 5. The molecule has 0 spiro atoms. The zero-order valence-electron chi connectivity index (χ0n) is 17.9. The minimum atomic E-state index is -1.04. The standard InChI is InChI=1S/C24H22FN5O2/c1-11-10-14(26)4-5-15(11)18-13(3)30-21(23(27)32)19(18)16-6-7-17(20(25)22(16)31)24-28-9-8-12(2)29-24/h4-10,16,30H,26H2,1-3H3,(H2,27,32). The van der Waals surface area contributed by atoms with Crippen LogP contribution < -0.4 is 11.5 Å². The highest BCUT2D eigenvalue weighted by atomic mass is 19.1. The van der Waals surface area contributed by atoms with E-state index >= 15 is 4.39 Å². The van der Waals surface area contributed by atoms with Gasteiger partial charge in [-0.15, -0.1) is 0 Å². The predicted molar refractivity (Wildman–Crippen MR) is 120 cm³/mol. The van der Waals surface area contributed by atoms with Crippen molar-refractivity contribution in [2.45, 2.75) is 26.7 Å². The van der Waals surface area contributed by atoms with Crippen molar-refractivity contribution in [1.82, 2.24) is 15.0 Å². The highest BCUT2D eigenvalue weighted by Crippen LogP contribution is 2.41. The van der Waals surface area contributed by atoms with Crippen LogP contribution in [0.15, 0.2) is 48.4 Å². The number of carbonyl (C=O) groups is 2. The van der Waals surface area contributed by atoms with Gasteiger partial charge in [-0.1, -0.05) is 18.2 Å². The minimum Gasteiger partial charge on any atom is -0.399 e. The van der Waals surface area contributed by atoms with Crippen LogP contribution in [0, 0.1) is 20.8 Å². The number of nitrogen functional groups attached to an aromatic ring is 1. The Labute approximate surface area is 184 Å². The number of aromatic nitrogens is 3. The molecular formula is C24H22FN5O2. The van der Waals surface area contributed by atoms with Gasteiger partial charge in [0.15, 0.2) is 11.7 Å². The molecule has 1 amide bonds. The van der Waals surface area contributed by atoms with Crippen LogP contribution in [-0.2, 0) is 4.79 Å². The number of primary amides is 1. The second-order valence-corrected chi connectivity index (χ2v) is 7.80. The molecule has 7 nitrogen and oxygen atoms in total. The van der Waals surface area contributed by atoms with E-state index in [0.29, 0.717) is 28.2 Å². The second-order valence-electron chi connectivity index (χ2n) is 7.80. The molecule has 32 heavy (non-hydrogen) atoms. The Morgan fingerprint density at radius 3 is 2.59 bits per heavy atom. The van der Waals surface area contributed by atoms with E-state index in [0.717, 1.165) is 11.1 Å². The number of amides is 1. The third kappa shape index (κ3) is 3.49. The zero-order valence-corrected chi connectivity index (χ0v) is 17.9. The molecule has 1 atom stereocenters. The lowest BCUT2D eigenvalue weighted by Gasteiger charge is -2.20. The summed E-state index contributed by atoms with van der Waals surface area (Å²) in [6.45, 7) is 5.40. The maximum absolute atomic E-state index is 15.3. The first-order valence-corrected chi connectivity index (χ1v) is 10.00. The first-order valence-electron chi connectivity index (χ1n) is 10.00. The highest BCUT2D eigenvalue weighted by molar-refractivity contribution is 6.11. The fourth-order valence-electron chi connectivity index (χ4n) is 4.07. The fraction of sp³-hybridized carbons (Fsp3) is 0.167. The molecule has 1 unspecified atom stereocenters. The molecule has 4 rings (SSSR count). The minimum absolute atomic E-state index is 0.00745. The molecule has 0 bridgehead atoms. The van der Waals surface area contributed by atoms with E-state index in [-0.39, 0.29) is 17.1 Å². The van der Waals surface area contributed by atoms with Crippen molar-refractivity contribution in [3.63, 3.8) is 0 Å². The summed E-state index contributed by atoms with van der Waals surface area (Å²) in [7, 11) is 0. The first-order chi connectivity index (χ1) is 15.2. The molecule has 1 aromatic carbocycles. The van der Waals surface area contributed by atoms with Gasteiger partial charge >= 0.3 is 0 Å². The zero-order chi connectivity index (χ0) is 23.2. The number of halogens is 1. The van der Waals surface area contributed by atoms with E-state index in [4.69, 9.17) is 11.5 Å². The maximum atomic E-state index is 15.3. The molecule has 0 fully saturated rings. The monoisotopic (exact) mass is 431 g/mol. The smallest absolute Gasteiger partial charge is 0.265 e. The van der Waals surface area contributed by atoms with Gasteiger partial charge < -0.3 is 16.5 Å². The normalized spacial score (nSPS) is 16.0. The molecule has 0 saturated heterocycles. The van der Waals surface area contributed by atoms with Crippen LogP contribution in [0.2, 0.25) is 0 Å². The number of nitrogens with one attached hydrogen (secondary N) is 1. The molecule has 1 aliphatic rings. The Morgan fingerprint density at radius 1 is 1.19 bits per heavy atom. The molecular weight excluding hydrogens is 409 g/mol.